The van der Waals surface area contributed by atoms with Crippen LogP contribution in [-0.2, 0) is 38.6 Å². The molecule has 1 N–H and O–H groups in total. The molecule has 12 nitrogen and oxygen atoms in total. The van der Waals surface area contributed by atoms with Crippen LogP contribution in [0.3, 0.4) is 0 Å². The number of hydrogen-bond acceptors (Lipinski definition) is 9. The number of anilines is 1. The minimum absolute atomic E-state index is 0.0630. The smallest absolute Gasteiger partial charge is 0.335 e. The van der Waals surface area contributed by atoms with E-state index in [1.54, 1.807) is 19.2 Å². The van der Waals surface area contributed by atoms with Gasteiger partial charge in [-0.25, -0.2) is 4.79 Å². The van der Waals surface area contributed by atoms with E-state index >= 15 is 0 Å². The first-order chi connectivity index (χ1) is 22.5. The second-order valence-electron chi connectivity index (χ2n) is 13.6. The third-order valence-corrected chi connectivity index (χ3v) is 19.8. The second kappa shape index (κ2) is 16.0. The van der Waals surface area contributed by atoms with Gasteiger partial charge in [-0.3, -0.25) is 19.1 Å². The van der Waals surface area contributed by atoms with Crippen molar-refractivity contribution in [3.63, 3.8) is 0 Å². The van der Waals surface area contributed by atoms with Crippen LogP contribution in [0.5, 0.6) is 0 Å². The molecule has 1 amide bonds. The highest BCUT2D eigenvalue weighted by Gasteiger charge is 2.62. The molecule has 1 aromatic carbocycles. The number of alkyl halides is 2. The molecule has 268 valence electrons. The van der Waals surface area contributed by atoms with Crippen molar-refractivity contribution in [1.29, 1.82) is 0 Å². The molecule has 0 radical (unpaired) electrons. The molecule has 2 fully saturated rings. The molecular formula is C32H49Cl2N3O9Si2. The monoisotopic (exact) mass is 745 g/mol. The molecule has 0 unspecified atom stereocenters. The average Bonchev–Trinajstić information content (AvgIpc) is 3.33. The Labute approximate surface area is 294 Å². The van der Waals surface area contributed by atoms with Crippen molar-refractivity contribution < 1.29 is 32.0 Å². The minimum Gasteiger partial charge on any atom is -0.414 e. The SMILES string of the molecule is CC(C)[Si]1(C(C)C)OC[C@H]2O[C@@H](n3ccc(=O)[nH]c3=O)[C@H](OCOCc3ccc(N(C)C(=O)C(Cl)Cl)cc3)[C@@H]2O[Si](C(C)C)(C(C)C)O1. The van der Waals surface area contributed by atoms with E-state index in [0.29, 0.717) is 5.69 Å². The van der Waals surface area contributed by atoms with Crippen LogP contribution in [0.1, 0.15) is 67.2 Å². The Morgan fingerprint density at radius 1 is 0.979 bits per heavy atom. The van der Waals surface area contributed by atoms with Gasteiger partial charge in [0.15, 0.2) is 11.1 Å². The van der Waals surface area contributed by atoms with E-state index in [1.165, 1.54) is 21.7 Å². The van der Waals surface area contributed by atoms with Gasteiger partial charge < -0.3 is 32.1 Å². The van der Waals surface area contributed by atoms with Crippen LogP contribution in [0.15, 0.2) is 46.1 Å². The molecule has 2 aliphatic rings. The number of H-pyrrole nitrogens is 1. The zero-order valence-corrected chi connectivity index (χ0v) is 32.6. The number of rotatable bonds is 12. The predicted molar refractivity (Wildman–Crippen MR) is 189 cm³/mol. The minimum atomic E-state index is -3.05. The molecule has 4 rings (SSSR count). The summed E-state index contributed by atoms with van der Waals surface area (Å²) in [6, 6.07) is 8.45. The fourth-order valence-electron chi connectivity index (χ4n) is 6.53. The van der Waals surface area contributed by atoms with Crippen LogP contribution in [-0.4, -0.2) is 76.2 Å². The highest BCUT2D eigenvalue weighted by Crippen LogP contribution is 2.48. The number of ether oxygens (including phenoxy) is 3. The summed E-state index contributed by atoms with van der Waals surface area (Å²) < 4.78 is 41.6. The molecular weight excluding hydrogens is 697 g/mol. The number of benzene rings is 1. The molecule has 0 bridgehead atoms. The summed E-state index contributed by atoms with van der Waals surface area (Å²) in [6.45, 7) is 17.4. The van der Waals surface area contributed by atoms with E-state index in [0.717, 1.165) is 5.56 Å². The van der Waals surface area contributed by atoms with Gasteiger partial charge in [0.2, 0.25) is 0 Å². The summed E-state index contributed by atoms with van der Waals surface area (Å²) in [4.78, 5) is 39.6. The number of carbonyl (C=O) groups excluding carboxylic acids is 1. The summed E-state index contributed by atoms with van der Waals surface area (Å²) in [5.41, 5.74) is 0.742. The number of nitrogens with zero attached hydrogens (tertiary/aromatic N) is 2. The molecule has 2 saturated heterocycles. The largest absolute Gasteiger partial charge is 0.414 e. The van der Waals surface area contributed by atoms with Crippen molar-refractivity contribution in [1.82, 2.24) is 9.55 Å². The summed E-state index contributed by atoms with van der Waals surface area (Å²) in [7, 11) is -4.28. The van der Waals surface area contributed by atoms with E-state index in [9.17, 15) is 14.4 Å². The first kappa shape index (κ1) is 38.9. The number of halogens is 2. The van der Waals surface area contributed by atoms with E-state index in [-0.39, 0.29) is 42.2 Å². The number of aromatic nitrogens is 2. The maximum absolute atomic E-state index is 13.0. The van der Waals surface area contributed by atoms with Crippen molar-refractivity contribution in [3.8, 4) is 0 Å². The lowest BCUT2D eigenvalue weighted by molar-refractivity contribution is -0.143. The summed E-state index contributed by atoms with van der Waals surface area (Å²) in [5.74, 6) is -0.431. The number of aromatic amines is 1. The highest BCUT2D eigenvalue weighted by molar-refractivity contribution is 6.84. The Kier molecular flexibility index (Phi) is 13.0. The second-order valence-corrected chi connectivity index (χ2v) is 23.5. The highest BCUT2D eigenvalue weighted by atomic mass is 35.5. The van der Waals surface area contributed by atoms with Crippen molar-refractivity contribution >= 4 is 51.9 Å². The van der Waals surface area contributed by atoms with Gasteiger partial charge in [0, 0.05) is 25.0 Å². The van der Waals surface area contributed by atoms with Gasteiger partial charge >= 0.3 is 22.8 Å². The third kappa shape index (κ3) is 8.03. The lowest BCUT2D eigenvalue weighted by Gasteiger charge is -2.51. The fourth-order valence-corrected chi connectivity index (χ4v) is 18.0. The summed E-state index contributed by atoms with van der Waals surface area (Å²) in [6.07, 6.45) is -1.57. The van der Waals surface area contributed by atoms with Gasteiger partial charge in [-0.2, -0.15) is 0 Å². The third-order valence-electron chi connectivity index (χ3n) is 9.20. The lowest BCUT2D eigenvalue weighted by Crippen LogP contribution is -2.66. The maximum Gasteiger partial charge on any atom is 0.335 e. The van der Waals surface area contributed by atoms with E-state index in [4.69, 9.17) is 50.4 Å². The van der Waals surface area contributed by atoms with Crippen molar-refractivity contribution in [3.05, 3.63) is 62.9 Å². The van der Waals surface area contributed by atoms with Gasteiger partial charge in [-0.05, 0) is 39.9 Å². The Balaban J connectivity index is 1.62. The zero-order valence-electron chi connectivity index (χ0n) is 29.1. The van der Waals surface area contributed by atoms with Crippen LogP contribution in [0.2, 0.25) is 22.2 Å². The first-order valence-electron chi connectivity index (χ1n) is 16.4. The van der Waals surface area contributed by atoms with Gasteiger partial charge in [0.05, 0.1) is 13.2 Å². The van der Waals surface area contributed by atoms with E-state index in [2.05, 4.69) is 60.4 Å². The molecule has 2 aliphatic heterocycles. The first-order valence-corrected chi connectivity index (χ1v) is 21.2. The van der Waals surface area contributed by atoms with E-state index < -0.39 is 63.7 Å². The standard InChI is InChI=1S/C32H49Cl2N3O9Si2/c1-19(2)47(20(3)4)43-17-25-27(45-48(46-47,21(5)6)22(7)8)28(31(44-25)37-15-14-26(38)35-32(37)40)42-18-41-16-23-10-12-24(13-11-23)36(9)30(39)29(33)34/h10-15,19-22,25,27-29,31H,16-18H2,1-9H3,(H,35,38,40)/t25-,27-,28-,31-/m1/s1. The van der Waals surface area contributed by atoms with Crippen LogP contribution in [0.4, 0.5) is 5.69 Å². The van der Waals surface area contributed by atoms with Crippen LogP contribution < -0.4 is 16.1 Å². The molecule has 48 heavy (non-hydrogen) atoms. The summed E-state index contributed by atoms with van der Waals surface area (Å²) >= 11 is 11.5. The van der Waals surface area contributed by atoms with Crippen molar-refractivity contribution in [2.24, 2.45) is 0 Å². The van der Waals surface area contributed by atoms with Crippen molar-refractivity contribution in [2.75, 3.05) is 25.3 Å². The number of hydrogen-bond donors (Lipinski definition) is 1. The van der Waals surface area contributed by atoms with E-state index in [1.807, 2.05) is 12.1 Å². The number of nitrogens with one attached hydrogen (secondary N) is 1. The fraction of sp³-hybridized carbons (Fsp3) is 0.656. The average molecular weight is 747 g/mol. The van der Waals surface area contributed by atoms with Crippen LogP contribution in [0.25, 0.3) is 0 Å². The van der Waals surface area contributed by atoms with Crippen LogP contribution in [0, 0.1) is 0 Å². The molecule has 0 aliphatic carbocycles. The summed E-state index contributed by atoms with van der Waals surface area (Å²) in [5, 5.41) is 0. The zero-order chi connectivity index (χ0) is 35.6. The normalized spacial score (nSPS) is 23.9. The van der Waals surface area contributed by atoms with Gasteiger partial charge in [0.1, 0.15) is 25.1 Å². The molecule has 2 aromatic rings. The topological polar surface area (TPSA) is 131 Å². The predicted octanol–water partition coefficient (Wildman–Crippen LogP) is 5.72. The maximum atomic E-state index is 13.0. The Bertz CT molecular complexity index is 1490. The van der Waals surface area contributed by atoms with Gasteiger partial charge in [0.25, 0.3) is 11.5 Å². The van der Waals surface area contributed by atoms with Gasteiger partial charge in [-0.1, -0.05) is 90.7 Å². The number of amides is 1. The number of carbonyl (C=O) groups is 1. The Morgan fingerprint density at radius 2 is 1.58 bits per heavy atom. The molecule has 16 heteroatoms. The molecule has 1 aromatic heterocycles. The van der Waals surface area contributed by atoms with Crippen molar-refractivity contribution in [2.45, 2.75) is 114 Å². The Hall–Kier alpha value is -1.86. The lowest BCUT2D eigenvalue weighted by atomic mass is 10.1. The molecule has 0 spiro atoms. The number of fused-ring (bicyclic) bond motifs is 1. The molecule has 4 atom stereocenters. The van der Waals surface area contributed by atoms with Crippen LogP contribution >= 0.6 is 23.2 Å². The quantitative estimate of drug-likeness (QED) is 0.126. The van der Waals surface area contributed by atoms with Gasteiger partial charge in [-0.15, -0.1) is 0 Å². The molecule has 0 saturated carbocycles. The molecule has 3 heterocycles. The Morgan fingerprint density at radius 3 is 2.12 bits per heavy atom.